The first-order valence-corrected chi connectivity index (χ1v) is 8.53. The number of thiophene rings is 1. The Morgan fingerprint density at radius 3 is 2.86 bits per heavy atom. The number of likely N-dealkylation sites (tertiary alicyclic amines) is 1. The Bertz CT molecular complexity index is 453. The number of amides is 1. The fourth-order valence-electron chi connectivity index (χ4n) is 2.89. The summed E-state index contributed by atoms with van der Waals surface area (Å²) >= 11 is 1.72. The van der Waals surface area contributed by atoms with Crippen LogP contribution in [0.4, 0.5) is 4.79 Å². The van der Waals surface area contributed by atoms with Crippen molar-refractivity contribution >= 4 is 17.4 Å². The standard InChI is InChI=1S/C16H26N2O2S/c1-16(2,3)20-15(19)18-9-5-4-7-13(18)12(11-17)14-8-6-10-21-14/h6,8,10,12-13H,4-5,7,9,11,17H2,1-3H3. The lowest BCUT2D eigenvalue weighted by Crippen LogP contribution is -2.49. The maximum Gasteiger partial charge on any atom is 0.410 e. The summed E-state index contributed by atoms with van der Waals surface area (Å²) in [4.78, 5) is 15.6. The second-order valence-corrected chi connectivity index (χ2v) is 7.57. The van der Waals surface area contributed by atoms with Crippen molar-refractivity contribution in [2.45, 2.75) is 57.6 Å². The van der Waals surface area contributed by atoms with E-state index < -0.39 is 5.60 Å². The zero-order valence-corrected chi connectivity index (χ0v) is 14.0. The molecule has 2 heterocycles. The molecule has 2 unspecified atom stereocenters. The quantitative estimate of drug-likeness (QED) is 0.928. The van der Waals surface area contributed by atoms with Crippen molar-refractivity contribution in [2.24, 2.45) is 5.73 Å². The number of nitrogens with two attached hydrogens (primary N) is 1. The Kier molecular flexibility index (Phi) is 5.27. The first-order chi connectivity index (χ1) is 9.92. The van der Waals surface area contributed by atoms with E-state index in [-0.39, 0.29) is 18.1 Å². The fourth-order valence-corrected chi connectivity index (χ4v) is 3.79. The van der Waals surface area contributed by atoms with Gasteiger partial charge in [-0.1, -0.05) is 6.07 Å². The summed E-state index contributed by atoms with van der Waals surface area (Å²) < 4.78 is 5.57. The number of rotatable bonds is 3. The Morgan fingerprint density at radius 2 is 2.29 bits per heavy atom. The van der Waals surface area contributed by atoms with Crippen LogP contribution >= 0.6 is 11.3 Å². The van der Waals surface area contributed by atoms with Crippen molar-refractivity contribution in [3.05, 3.63) is 22.4 Å². The van der Waals surface area contributed by atoms with Crippen molar-refractivity contribution in [1.82, 2.24) is 4.90 Å². The average Bonchev–Trinajstić information content (AvgIpc) is 2.92. The second kappa shape index (κ2) is 6.79. The number of carbonyl (C=O) groups is 1. The van der Waals surface area contributed by atoms with Gasteiger partial charge in [0.1, 0.15) is 5.60 Å². The van der Waals surface area contributed by atoms with Crippen LogP contribution in [0.2, 0.25) is 0 Å². The highest BCUT2D eigenvalue weighted by molar-refractivity contribution is 7.10. The Labute approximate surface area is 131 Å². The Balaban J connectivity index is 2.16. The molecular formula is C16H26N2O2S. The molecule has 2 rings (SSSR count). The van der Waals surface area contributed by atoms with Crippen LogP contribution in [0.25, 0.3) is 0 Å². The van der Waals surface area contributed by atoms with E-state index >= 15 is 0 Å². The minimum Gasteiger partial charge on any atom is -0.444 e. The molecule has 1 fully saturated rings. The summed E-state index contributed by atoms with van der Waals surface area (Å²) in [5, 5.41) is 2.07. The van der Waals surface area contributed by atoms with Crippen LogP contribution in [0.3, 0.4) is 0 Å². The van der Waals surface area contributed by atoms with E-state index in [9.17, 15) is 4.79 Å². The summed E-state index contributed by atoms with van der Waals surface area (Å²) in [6.45, 7) is 7.04. The van der Waals surface area contributed by atoms with Crippen molar-refractivity contribution in [3.8, 4) is 0 Å². The predicted octanol–water partition coefficient (Wildman–Crippen LogP) is 3.58. The summed E-state index contributed by atoms with van der Waals surface area (Å²) in [6.07, 6.45) is 2.98. The molecule has 0 aromatic carbocycles. The number of piperidine rings is 1. The minimum absolute atomic E-state index is 0.150. The molecule has 118 valence electrons. The zero-order valence-electron chi connectivity index (χ0n) is 13.2. The van der Waals surface area contributed by atoms with Gasteiger partial charge in [-0.2, -0.15) is 0 Å². The molecule has 2 N–H and O–H groups in total. The summed E-state index contributed by atoms with van der Waals surface area (Å²) in [5.41, 5.74) is 5.55. The van der Waals surface area contributed by atoms with Crippen LogP contribution in [0.15, 0.2) is 17.5 Å². The van der Waals surface area contributed by atoms with Gasteiger partial charge in [0.15, 0.2) is 0 Å². The molecule has 5 heteroatoms. The van der Waals surface area contributed by atoms with E-state index in [1.807, 2.05) is 31.7 Å². The lowest BCUT2D eigenvalue weighted by atomic mass is 9.89. The average molecular weight is 310 g/mol. The van der Waals surface area contributed by atoms with Gasteiger partial charge >= 0.3 is 6.09 Å². The zero-order chi connectivity index (χ0) is 15.5. The third-order valence-corrected chi connectivity index (χ3v) is 4.81. The highest BCUT2D eigenvalue weighted by atomic mass is 32.1. The van der Waals surface area contributed by atoms with E-state index in [1.54, 1.807) is 11.3 Å². The predicted molar refractivity (Wildman–Crippen MR) is 86.7 cm³/mol. The van der Waals surface area contributed by atoms with Crippen LogP contribution in [0.1, 0.15) is 50.8 Å². The summed E-state index contributed by atoms with van der Waals surface area (Å²) in [7, 11) is 0. The van der Waals surface area contributed by atoms with Crippen molar-refractivity contribution in [1.29, 1.82) is 0 Å². The number of hydrogen-bond donors (Lipinski definition) is 1. The van der Waals surface area contributed by atoms with Gasteiger partial charge in [0.05, 0.1) is 0 Å². The number of nitrogens with zero attached hydrogens (tertiary/aromatic N) is 1. The number of ether oxygens (including phenoxy) is 1. The molecule has 1 aromatic rings. The van der Waals surface area contributed by atoms with Gasteiger partial charge in [-0.25, -0.2) is 4.79 Å². The number of carbonyl (C=O) groups excluding carboxylic acids is 1. The monoisotopic (exact) mass is 310 g/mol. The molecule has 0 bridgehead atoms. The van der Waals surface area contributed by atoms with Gasteiger partial charge in [-0.15, -0.1) is 11.3 Å². The number of hydrogen-bond acceptors (Lipinski definition) is 4. The lowest BCUT2D eigenvalue weighted by Gasteiger charge is -2.40. The molecular weight excluding hydrogens is 284 g/mol. The topological polar surface area (TPSA) is 55.6 Å². The van der Waals surface area contributed by atoms with Crippen LogP contribution in [0, 0.1) is 0 Å². The van der Waals surface area contributed by atoms with Crippen molar-refractivity contribution < 1.29 is 9.53 Å². The third kappa shape index (κ3) is 4.20. The molecule has 1 aliphatic heterocycles. The second-order valence-electron chi connectivity index (χ2n) is 6.59. The molecule has 4 nitrogen and oxygen atoms in total. The smallest absolute Gasteiger partial charge is 0.410 e. The molecule has 21 heavy (non-hydrogen) atoms. The van der Waals surface area contributed by atoms with E-state index in [1.165, 1.54) is 4.88 Å². The van der Waals surface area contributed by atoms with Gasteiger partial charge in [-0.05, 0) is 51.5 Å². The van der Waals surface area contributed by atoms with Gasteiger partial charge in [0.25, 0.3) is 0 Å². The van der Waals surface area contributed by atoms with Crippen LogP contribution in [0.5, 0.6) is 0 Å². The summed E-state index contributed by atoms with van der Waals surface area (Å²) in [5.74, 6) is 0.206. The molecule has 0 aliphatic carbocycles. The Morgan fingerprint density at radius 1 is 1.52 bits per heavy atom. The normalized spacial score (nSPS) is 21.1. The Hall–Kier alpha value is -1.07. The van der Waals surface area contributed by atoms with E-state index in [2.05, 4.69) is 11.4 Å². The summed E-state index contributed by atoms with van der Waals surface area (Å²) in [6, 6.07) is 4.31. The molecule has 2 atom stereocenters. The van der Waals surface area contributed by atoms with Gasteiger partial charge in [-0.3, -0.25) is 0 Å². The van der Waals surface area contributed by atoms with Gasteiger partial charge < -0.3 is 15.4 Å². The molecule has 1 amide bonds. The fraction of sp³-hybridized carbons (Fsp3) is 0.688. The maximum absolute atomic E-state index is 12.5. The molecule has 1 aromatic heterocycles. The van der Waals surface area contributed by atoms with Gasteiger partial charge in [0.2, 0.25) is 0 Å². The van der Waals surface area contributed by atoms with Crippen LogP contribution in [-0.2, 0) is 4.74 Å². The highest BCUT2D eigenvalue weighted by Crippen LogP contribution is 2.33. The molecule has 0 radical (unpaired) electrons. The third-order valence-electron chi connectivity index (χ3n) is 3.80. The van der Waals surface area contributed by atoms with E-state index in [0.29, 0.717) is 6.54 Å². The molecule has 1 aliphatic rings. The van der Waals surface area contributed by atoms with Crippen LogP contribution in [-0.4, -0.2) is 35.7 Å². The van der Waals surface area contributed by atoms with Gasteiger partial charge in [0, 0.05) is 29.9 Å². The largest absolute Gasteiger partial charge is 0.444 e. The first kappa shape index (κ1) is 16.3. The SMILES string of the molecule is CC(C)(C)OC(=O)N1CCCCC1C(CN)c1cccs1. The first-order valence-electron chi connectivity index (χ1n) is 7.65. The maximum atomic E-state index is 12.5. The highest BCUT2D eigenvalue weighted by Gasteiger charge is 2.35. The van der Waals surface area contributed by atoms with Crippen molar-refractivity contribution in [3.63, 3.8) is 0 Å². The molecule has 0 spiro atoms. The van der Waals surface area contributed by atoms with Crippen molar-refractivity contribution in [2.75, 3.05) is 13.1 Å². The molecule has 1 saturated heterocycles. The van der Waals surface area contributed by atoms with E-state index in [4.69, 9.17) is 10.5 Å². The minimum atomic E-state index is -0.458. The lowest BCUT2D eigenvalue weighted by molar-refractivity contribution is 0.00678. The van der Waals surface area contributed by atoms with E-state index in [0.717, 1.165) is 25.8 Å². The van der Waals surface area contributed by atoms with Crippen LogP contribution < -0.4 is 5.73 Å². The molecule has 0 saturated carbocycles.